The SMILES string of the molecule is Fc1cc(Cl)c(Oc2c(F)cc(C(F)(F)F)cc2F)cc1I. The lowest BCUT2D eigenvalue weighted by molar-refractivity contribution is -0.138. The molecule has 1 nitrogen and oxygen atoms in total. The molecule has 0 heterocycles. The topological polar surface area (TPSA) is 9.23 Å². The fraction of sp³-hybridized carbons (Fsp3) is 0.0769. The maximum absolute atomic E-state index is 13.7. The molecule has 0 N–H and O–H groups in total. The lowest BCUT2D eigenvalue weighted by atomic mass is 10.2. The Balaban J connectivity index is 2.45. The monoisotopic (exact) mass is 452 g/mol. The Morgan fingerprint density at radius 2 is 1.45 bits per heavy atom. The fourth-order valence-electron chi connectivity index (χ4n) is 1.51. The third kappa shape index (κ3) is 3.60. The van der Waals surface area contributed by atoms with Crippen LogP contribution in [0.15, 0.2) is 24.3 Å². The van der Waals surface area contributed by atoms with Crippen molar-refractivity contribution in [3.8, 4) is 11.5 Å². The third-order valence-electron chi connectivity index (χ3n) is 2.51. The first-order valence-corrected chi connectivity index (χ1v) is 6.94. The van der Waals surface area contributed by atoms with Crippen LogP contribution in [0.5, 0.6) is 11.5 Å². The highest BCUT2D eigenvalue weighted by Crippen LogP contribution is 2.38. The molecule has 9 heteroatoms. The molecule has 118 valence electrons. The first kappa shape index (κ1) is 17.2. The summed E-state index contributed by atoms with van der Waals surface area (Å²) in [6.45, 7) is 0. The third-order valence-corrected chi connectivity index (χ3v) is 3.63. The van der Waals surface area contributed by atoms with E-state index >= 15 is 0 Å². The average Bonchev–Trinajstić information content (AvgIpc) is 2.38. The summed E-state index contributed by atoms with van der Waals surface area (Å²) < 4.78 is 82.7. The Morgan fingerprint density at radius 3 is 1.95 bits per heavy atom. The van der Waals surface area contributed by atoms with Crippen molar-refractivity contribution in [2.24, 2.45) is 0 Å². The van der Waals surface area contributed by atoms with E-state index < -0.39 is 34.9 Å². The molecule has 0 atom stereocenters. The van der Waals surface area contributed by atoms with Gasteiger partial charge in [-0.2, -0.15) is 13.2 Å². The highest BCUT2D eigenvalue weighted by Gasteiger charge is 2.33. The molecular weight excluding hydrogens is 448 g/mol. The molecule has 0 aliphatic carbocycles. The molecule has 0 aliphatic heterocycles. The summed E-state index contributed by atoms with van der Waals surface area (Å²) in [4.78, 5) is 0. The molecular formula is C13H4ClF6IO. The van der Waals surface area contributed by atoms with Gasteiger partial charge in [0.25, 0.3) is 0 Å². The Labute approximate surface area is 139 Å². The van der Waals surface area contributed by atoms with Crippen molar-refractivity contribution in [1.29, 1.82) is 0 Å². The predicted molar refractivity (Wildman–Crippen MR) is 75.6 cm³/mol. The van der Waals surface area contributed by atoms with Gasteiger partial charge in [-0.1, -0.05) is 11.6 Å². The van der Waals surface area contributed by atoms with E-state index in [1.54, 1.807) is 22.6 Å². The summed E-state index contributed by atoms with van der Waals surface area (Å²) in [5.74, 6) is -5.13. The van der Waals surface area contributed by atoms with Crippen molar-refractivity contribution in [1.82, 2.24) is 0 Å². The van der Waals surface area contributed by atoms with Gasteiger partial charge in [0, 0.05) is 0 Å². The highest BCUT2D eigenvalue weighted by atomic mass is 127. The van der Waals surface area contributed by atoms with Crippen molar-refractivity contribution in [3.63, 3.8) is 0 Å². The molecule has 0 saturated carbocycles. The Kier molecular flexibility index (Phi) is 4.81. The van der Waals surface area contributed by atoms with Crippen molar-refractivity contribution < 1.29 is 31.1 Å². The number of hydrogen-bond donors (Lipinski definition) is 0. The number of benzene rings is 2. The molecule has 2 aromatic rings. The van der Waals surface area contributed by atoms with Gasteiger partial charge in [-0.3, -0.25) is 0 Å². The zero-order valence-corrected chi connectivity index (χ0v) is 13.2. The van der Waals surface area contributed by atoms with E-state index in [1.807, 2.05) is 0 Å². The number of rotatable bonds is 2. The molecule has 0 aliphatic rings. The van der Waals surface area contributed by atoms with Crippen LogP contribution in [-0.2, 0) is 6.18 Å². The molecule has 0 spiro atoms. The van der Waals surface area contributed by atoms with Crippen LogP contribution in [0.3, 0.4) is 0 Å². The maximum Gasteiger partial charge on any atom is 0.416 e. The van der Waals surface area contributed by atoms with Gasteiger partial charge in [0.15, 0.2) is 17.4 Å². The Bertz CT molecular complexity index is 708. The summed E-state index contributed by atoms with van der Waals surface area (Å²) in [6, 6.07) is 2.12. The van der Waals surface area contributed by atoms with Crippen molar-refractivity contribution in [2.75, 3.05) is 0 Å². The first-order valence-electron chi connectivity index (χ1n) is 5.48. The number of halogens is 8. The van der Waals surface area contributed by atoms with E-state index in [2.05, 4.69) is 0 Å². The van der Waals surface area contributed by atoms with Crippen LogP contribution in [0.4, 0.5) is 26.3 Å². The second-order valence-corrected chi connectivity index (χ2v) is 5.63. The minimum atomic E-state index is -4.90. The van der Waals surface area contributed by atoms with E-state index in [0.29, 0.717) is 0 Å². The zero-order valence-electron chi connectivity index (χ0n) is 10.2. The normalized spacial score (nSPS) is 11.6. The number of alkyl halides is 3. The summed E-state index contributed by atoms with van der Waals surface area (Å²) >= 11 is 7.26. The average molecular weight is 453 g/mol. The summed E-state index contributed by atoms with van der Waals surface area (Å²) in [6.07, 6.45) is -4.90. The van der Waals surface area contributed by atoms with Crippen LogP contribution < -0.4 is 4.74 Å². The van der Waals surface area contributed by atoms with Crippen LogP contribution in [0, 0.1) is 21.0 Å². The largest absolute Gasteiger partial charge is 0.450 e. The molecule has 0 unspecified atom stereocenters. The number of ether oxygens (including phenoxy) is 1. The molecule has 0 bridgehead atoms. The van der Waals surface area contributed by atoms with E-state index in [1.165, 1.54) is 0 Å². The second kappa shape index (κ2) is 6.15. The van der Waals surface area contributed by atoms with Gasteiger partial charge in [-0.05, 0) is 46.9 Å². The lowest BCUT2D eigenvalue weighted by Crippen LogP contribution is -2.07. The Morgan fingerprint density at radius 1 is 0.909 bits per heavy atom. The quantitative estimate of drug-likeness (QED) is 0.301. The molecule has 2 rings (SSSR count). The summed E-state index contributed by atoms with van der Waals surface area (Å²) in [7, 11) is 0. The molecule has 0 saturated heterocycles. The van der Waals surface area contributed by atoms with Crippen LogP contribution in [0.2, 0.25) is 5.02 Å². The molecule has 0 aromatic heterocycles. The highest BCUT2D eigenvalue weighted by molar-refractivity contribution is 14.1. The van der Waals surface area contributed by atoms with Gasteiger partial charge >= 0.3 is 6.18 Å². The maximum atomic E-state index is 13.7. The van der Waals surface area contributed by atoms with Gasteiger partial charge < -0.3 is 4.74 Å². The molecule has 0 radical (unpaired) electrons. The van der Waals surface area contributed by atoms with Gasteiger partial charge in [-0.25, -0.2) is 13.2 Å². The summed E-state index contributed by atoms with van der Waals surface area (Å²) in [5.41, 5.74) is -1.49. The predicted octanol–water partition coefficient (Wildman–Crippen LogP) is 6.17. The van der Waals surface area contributed by atoms with Crippen LogP contribution in [-0.4, -0.2) is 0 Å². The molecule has 0 amide bonds. The van der Waals surface area contributed by atoms with Gasteiger partial charge in [0.2, 0.25) is 0 Å². The first-order chi connectivity index (χ1) is 10.1. The van der Waals surface area contributed by atoms with E-state index in [0.717, 1.165) is 12.1 Å². The van der Waals surface area contributed by atoms with Crippen molar-refractivity contribution >= 4 is 34.2 Å². The van der Waals surface area contributed by atoms with Crippen molar-refractivity contribution in [2.45, 2.75) is 6.18 Å². The second-order valence-electron chi connectivity index (χ2n) is 4.07. The summed E-state index contributed by atoms with van der Waals surface area (Å²) in [5, 5.41) is -0.281. The van der Waals surface area contributed by atoms with Crippen LogP contribution >= 0.6 is 34.2 Å². The van der Waals surface area contributed by atoms with Crippen LogP contribution in [0.1, 0.15) is 5.56 Å². The van der Waals surface area contributed by atoms with Gasteiger partial charge in [0.05, 0.1) is 14.2 Å². The van der Waals surface area contributed by atoms with Gasteiger partial charge in [0.1, 0.15) is 11.6 Å². The molecule has 22 heavy (non-hydrogen) atoms. The lowest BCUT2D eigenvalue weighted by Gasteiger charge is -2.13. The molecule has 2 aromatic carbocycles. The van der Waals surface area contributed by atoms with Crippen molar-refractivity contribution in [3.05, 3.63) is 55.9 Å². The Hall–Kier alpha value is -1.16. The van der Waals surface area contributed by atoms with Gasteiger partial charge in [-0.15, -0.1) is 0 Å². The standard InChI is InChI=1S/C13H4ClF6IO/c14-6-3-7(15)10(21)4-11(6)22-12-8(16)1-5(2-9(12)17)13(18,19)20/h1-4H. The van der Waals surface area contributed by atoms with Crippen LogP contribution in [0.25, 0.3) is 0 Å². The molecule has 0 fully saturated rings. The van der Waals surface area contributed by atoms with E-state index in [-0.39, 0.29) is 26.5 Å². The fourth-order valence-corrected chi connectivity index (χ4v) is 2.14. The minimum Gasteiger partial charge on any atom is -0.450 e. The minimum absolute atomic E-state index is 0.0599. The smallest absolute Gasteiger partial charge is 0.416 e. The van der Waals surface area contributed by atoms with E-state index in [9.17, 15) is 26.3 Å². The van der Waals surface area contributed by atoms with E-state index in [4.69, 9.17) is 16.3 Å². The number of hydrogen-bond acceptors (Lipinski definition) is 1. The zero-order chi connectivity index (χ0) is 16.7.